The third-order valence-electron chi connectivity index (χ3n) is 7.05. The summed E-state index contributed by atoms with van der Waals surface area (Å²) < 4.78 is 49.0. The molecule has 1 fully saturated rings. The lowest BCUT2D eigenvalue weighted by Gasteiger charge is -2.17. The number of benzene rings is 4. The minimum atomic E-state index is -4.76. The highest BCUT2D eigenvalue weighted by Crippen LogP contribution is 2.35. The Balaban J connectivity index is 1.21. The van der Waals surface area contributed by atoms with E-state index in [9.17, 15) is 18.0 Å². The van der Waals surface area contributed by atoms with Crippen molar-refractivity contribution in [1.29, 1.82) is 0 Å². The first-order valence-corrected chi connectivity index (χ1v) is 12.5. The van der Waals surface area contributed by atoms with E-state index in [1.165, 1.54) is 34.2 Å². The van der Waals surface area contributed by atoms with Crippen molar-refractivity contribution in [3.63, 3.8) is 0 Å². The van der Waals surface area contributed by atoms with E-state index in [4.69, 9.17) is 10.5 Å². The van der Waals surface area contributed by atoms with Crippen molar-refractivity contribution >= 4 is 27.6 Å². The molecule has 5 aromatic rings. The zero-order chi connectivity index (χ0) is 27.1. The molecule has 0 radical (unpaired) electrons. The molecule has 1 aromatic heterocycles. The minimum Gasteiger partial charge on any atom is -0.406 e. The lowest BCUT2D eigenvalue weighted by Crippen LogP contribution is -2.29. The zero-order valence-electron chi connectivity index (χ0n) is 20.7. The Labute approximate surface area is 221 Å². The Morgan fingerprint density at radius 1 is 0.923 bits per heavy atom. The molecule has 6 rings (SSSR count). The molecule has 9 heteroatoms. The molecule has 2 heterocycles. The number of aromatic nitrogens is 2. The molecule has 6 nitrogen and oxygen atoms in total. The predicted molar refractivity (Wildman–Crippen MR) is 143 cm³/mol. The van der Waals surface area contributed by atoms with E-state index in [2.05, 4.69) is 40.1 Å². The molecule has 0 spiro atoms. The summed E-state index contributed by atoms with van der Waals surface area (Å²) in [5, 5.41) is 2.73. The fourth-order valence-electron chi connectivity index (χ4n) is 5.14. The topological polar surface area (TPSA) is 79.4 Å². The predicted octanol–water partition coefficient (Wildman–Crippen LogP) is 6.62. The van der Waals surface area contributed by atoms with E-state index >= 15 is 0 Å². The normalized spacial score (nSPS) is 17.6. The van der Waals surface area contributed by atoms with Gasteiger partial charge in [-0.05, 0) is 70.6 Å². The van der Waals surface area contributed by atoms with Gasteiger partial charge in [0.25, 0.3) is 5.56 Å². The number of nitrogens with two attached hydrogens (primary N) is 1. The highest BCUT2D eigenvalue weighted by atomic mass is 19.4. The monoisotopic (exact) mass is 531 g/mol. The Hall–Kier alpha value is -4.37. The van der Waals surface area contributed by atoms with Crippen LogP contribution in [0.5, 0.6) is 5.75 Å². The minimum absolute atomic E-state index is 0.0552. The third-order valence-corrected chi connectivity index (χ3v) is 7.05. The number of halogens is 3. The van der Waals surface area contributed by atoms with Crippen molar-refractivity contribution in [3.05, 3.63) is 101 Å². The van der Waals surface area contributed by atoms with Gasteiger partial charge in [0, 0.05) is 0 Å². The Morgan fingerprint density at radius 2 is 1.67 bits per heavy atom. The zero-order valence-corrected chi connectivity index (χ0v) is 20.7. The molecule has 2 N–H and O–H groups in total. The fourth-order valence-corrected chi connectivity index (χ4v) is 5.14. The molecule has 198 valence electrons. The average Bonchev–Trinajstić information content (AvgIpc) is 3.39. The lowest BCUT2D eigenvalue weighted by molar-refractivity contribution is -0.274. The van der Waals surface area contributed by atoms with Gasteiger partial charge in [-0.25, -0.2) is 4.98 Å². The van der Waals surface area contributed by atoms with Gasteiger partial charge >= 0.3 is 6.36 Å². The molecular formula is C30H24F3N3O3. The standard InChI is InChI=1S/C30H24F3N3O3/c31-30(32,33)39-23-10-7-19(8-11-23)21-9-13-25-26(16-21)35-29(34)36(28(25)37)17-24-12-14-27(38-24)22-6-5-18-3-1-2-4-20(18)15-22/h1-11,13,15-16,24,27H,12,14,17H2,(H2,34,35)/t24-,27+/m1/s1. The Bertz CT molecular complexity index is 1730. The Kier molecular flexibility index (Phi) is 6.23. The summed E-state index contributed by atoms with van der Waals surface area (Å²) >= 11 is 0. The summed E-state index contributed by atoms with van der Waals surface area (Å²) in [7, 11) is 0. The van der Waals surface area contributed by atoms with E-state index in [0.29, 0.717) is 28.6 Å². The second kappa shape index (κ2) is 9.74. The number of anilines is 1. The number of nitrogens with zero attached hydrogens (tertiary/aromatic N) is 2. The van der Waals surface area contributed by atoms with Crippen LogP contribution in [0.2, 0.25) is 0 Å². The highest BCUT2D eigenvalue weighted by molar-refractivity contribution is 5.84. The van der Waals surface area contributed by atoms with Crippen LogP contribution in [0.4, 0.5) is 19.1 Å². The average molecular weight is 532 g/mol. The first kappa shape index (κ1) is 24.9. The van der Waals surface area contributed by atoms with Gasteiger partial charge in [-0.2, -0.15) is 0 Å². The molecule has 0 saturated carbocycles. The van der Waals surface area contributed by atoms with Gasteiger partial charge in [-0.1, -0.05) is 54.6 Å². The van der Waals surface area contributed by atoms with Crippen LogP contribution >= 0.6 is 0 Å². The molecule has 0 aliphatic carbocycles. The van der Waals surface area contributed by atoms with Crippen LogP contribution in [0.3, 0.4) is 0 Å². The van der Waals surface area contributed by atoms with Crippen LogP contribution in [-0.2, 0) is 11.3 Å². The van der Waals surface area contributed by atoms with E-state index in [0.717, 1.165) is 23.8 Å². The number of nitrogen functional groups attached to an aromatic ring is 1. The molecule has 0 amide bonds. The summed E-state index contributed by atoms with van der Waals surface area (Å²) in [5.41, 5.74) is 8.79. The summed E-state index contributed by atoms with van der Waals surface area (Å²) in [6.07, 6.45) is -3.37. The molecule has 4 aromatic carbocycles. The molecule has 2 atom stereocenters. The maximum Gasteiger partial charge on any atom is 0.573 e. The van der Waals surface area contributed by atoms with E-state index in [-0.39, 0.29) is 29.5 Å². The van der Waals surface area contributed by atoms with Gasteiger partial charge < -0.3 is 15.2 Å². The maximum absolute atomic E-state index is 13.3. The second-order valence-electron chi connectivity index (χ2n) is 9.62. The van der Waals surface area contributed by atoms with Crippen molar-refractivity contribution < 1.29 is 22.6 Å². The number of rotatable bonds is 5. The molecule has 0 bridgehead atoms. The maximum atomic E-state index is 13.3. The highest BCUT2D eigenvalue weighted by Gasteiger charge is 2.31. The van der Waals surface area contributed by atoms with E-state index < -0.39 is 6.36 Å². The summed E-state index contributed by atoms with van der Waals surface area (Å²) in [6.45, 7) is 0.292. The molecular weight excluding hydrogens is 507 g/mol. The first-order valence-electron chi connectivity index (χ1n) is 12.5. The first-order chi connectivity index (χ1) is 18.7. The van der Waals surface area contributed by atoms with Crippen LogP contribution in [-0.4, -0.2) is 22.0 Å². The van der Waals surface area contributed by atoms with Gasteiger partial charge in [0.15, 0.2) is 0 Å². The molecule has 1 saturated heterocycles. The summed E-state index contributed by atoms with van der Waals surface area (Å²) in [6, 6.07) is 25.1. The molecule has 1 aliphatic heterocycles. The van der Waals surface area contributed by atoms with Crippen molar-refractivity contribution in [1.82, 2.24) is 9.55 Å². The van der Waals surface area contributed by atoms with Crippen LogP contribution < -0.4 is 16.0 Å². The van der Waals surface area contributed by atoms with Gasteiger partial charge in [0.05, 0.1) is 29.7 Å². The van der Waals surface area contributed by atoms with Crippen molar-refractivity contribution in [2.75, 3.05) is 5.73 Å². The van der Waals surface area contributed by atoms with E-state index in [1.54, 1.807) is 18.2 Å². The third kappa shape index (κ3) is 5.18. The Morgan fingerprint density at radius 3 is 2.44 bits per heavy atom. The number of ether oxygens (including phenoxy) is 2. The number of alkyl halides is 3. The molecule has 39 heavy (non-hydrogen) atoms. The smallest absolute Gasteiger partial charge is 0.406 e. The lowest BCUT2D eigenvalue weighted by atomic mass is 10.0. The second-order valence-corrected chi connectivity index (χ2v) is 9.62. The van der Waals surface area contributed by atoms with Crippen LogP contribution in [0.25, 0.3) is 32.8 Å². The largest absolute Gasteiger partial charge is 0.573 e. The van der Waals surface area contributed by atoms with Crippen molar-refractivity contribution in [3.8, 4) is 16.9 Å². The summed E-state index contributed by atoms with van der Waals surface area (Å²) in [5.74, 6) is -0.231. The van der Waals surface area contributed by atoms with Gasteiger partial charge in [-0.15, -0.1) is 13.2 Å². The van der Waals surface area contributed by atoms with Gasteiger partial charge in [-0.3, -0.25) is 9.36 Å². The molecule has 1 aliphatic rings. The number of hydrogen-bond donors (Lipinski definition) is 1. The SMILES string of the molecule is Nc1nc2cc(-c3ccc(OC(F)(F)F)cc3)ccc2c(=O)n1C[C@H]1CC[C@@H](c2ccc3ccccc3c2)O1. The van der Waals surface area contributed by atoms with E-state index in [1.807, 2.05) is 12.1 Å². The fraction of sp³-hybridized carbons (Fsp3) is 0.200. The molecule has 0 unspecified atom stereocenters. The number of hydrogen-bond acceptors (Lipinski definition) is 5. The van der Waals surface area contributed by atoms with Crippen LogP contribution in [0, 0.1) is 0 Å². The quantitative estimate of drug-likeness (QED) is 0.276. The van der Waals surface area contributed by atoms with Gasteiger partial charge in [0.2, 0.25) is 5.95 Å². The van der Waals surface area contributed by atoms with Crippen molar-refractivity contribution in [2.45, 2.75) is 38.0 Å². The van der Waals surface area contributed by atoms with Crippen LogP contribution in [0.1, 0.15) is 24.5 Å². The van der Waals surface area contributed by atoms with Crippen LogP contribution in [0.15, 0.2) is 89.7 Å². The van der Waals surface area contributed by atoms with Crippen molar-refractivity contribution in [2.24, 2.45) is 0 Å². The number of fused-ring (bicyclic) bond motifs is 2. The summed E-state index contributed by atoms with van der Waals surface area (Å²) in [4.78, 5) is 17.8. The van der Waals surface area contributed by atoms with Gasteiger partial charge in [0.1, 0.15) is 5.75 Å².